The van der Waals surface area contributed by atoms with Crippen molar-refractivity contribution in [3.05, 3.63) is 40.4 Å². The molecular formula is C34H43ClN6O8S2. The van der Waals surface area contributed by atoms with Crippen molar-refractivity contribution >= 4 is 72.9 Å². The largest absolute Gasteiger partial charge is 0.444 e. The number of hydrogen-bond acceptors (Lipinski definition) is 10. The van der Waals surface area contributed by atoms with Crippen LogP contribution < -0.4 is 20.7 Å². The molecule has 4 aliphatic rings. The minimum atomic E-state index is -3.90. The first-order valence-corrected chi connectivity index (χ1v) is 20.0. The van der Waals surface area contributed by atoms with E-state index in [2.05, 4.69) is 25.7 Å². The molecular weight excluding hydrogens is 720 g/mol. The molecule has 2 aliphatic heterocycles. The maximum Gasteiger partial charge on any atom is 0.408 e. The number of sulfonamides is 1. The van der Waals surface area contributed by atoms with Gasteiger partial charge < -0.3 is 25.6 Å². The summed E-state index contributed by atoms with van der Waals surface area (Å²) in [5.41, 5.74) is -1.79. The smallest absolute Gasteiger partial charge is 0.408 e. The molecule has 3 heterocycles. The van der Waals surface area contributed by atoms with Crippen molar-refractivity contribution in [1.82, 2.24) is 30.6 Å². The molecule has 5 amide bonds. The highest BCUT2D eigenvalue weighted by Gasteiger charge is 2.62. The van der Waals surface area contributed by atoms with Gasteiger partial charge in [0, 0.05) is 23.5 Å². The summed E-state index contributed by atoms with van der Waals surface area (Å²) in [6.07, 6.45) is 7.16. The summed E-state index contributed by atoms with van der Waals surface area (Å²) in [5, 5.41) is 8.43. The Kier molecular flexibility index (Phi) is 10.4. The summed E-state index contributed by atoms with van der Waals surface area (Å²) in [6, 6.07) is 2.24. The van der Waals surface area contributed by atoms with Crippen LogP contribution in [-0.4, -0.2) is 89.1 Å². The molecule has 276 valence electrons. The zero-order chi connectivity index (χ0) is 36.7. The van der Waals surface area contributed by atoms with E-state index in [4.69, 9.17) is 16.3 Å². The van der Waals surface area contributed by atoms with Crippen LogP contribution in [0.1, 0.15) is 88.4 Å². The van der Waals surface area contributed by atoms with Gasteiger partial charge in [0.2, 0.25) is 21.8 Å². The maximum absolute atomic E-state index is 14.3. The molecule has 0 spiro atoms. The van der Waals surface area contributed by atoms with E-state index in [0.717, 1.165) is 17.5 Å². The van der Waals surface area contributed by atoms with Crippen LogP contribution in [0, 0.1) is 5.92 Å². The molecule has 1 aromatic heterocycles. The van der Waals surface area contributed by atoms with Crippen molar-refractivity contribution in [3.63, 3.8) is 0 Å². The Balaban J connectivity index is 1.27. The molecule has 6 rings (SSSR count). The summed E-state index contributed by atoms with van der Waals surface area (Å²) >= 11 is 7.27. The third-order valence-electron chi connectivity index (χ3n) is 9.45. The van der Waals surface area contributed by atoms with Gasteiger partial charge in [0.1, 0.15) is 23.2 Å². The maximum atomic E-state index is 14.3. The number of carbonyl (C=O) groups excluding carboxylic acids is 5. The lowest BCUT2D eigenvalue weighted by atomic mass is 10.0. The fraction of sp³-hybridized carbons (Fsp3) is 0.588. The molecule has 0 bridgehead atoms. The van der Waals surface area contributed by atoms with E-state index in [-0.39, 0.29) is 30.8 Å². The van der Waals surface area contributed by atoms with Gasteiger partial charge in [-0.15, -0.1) is 11.3 Å². The zero-order valence-electron chi connectivity index (χ0n) is 28.7. The Morgan fingerprint density at radius 1 is 1.10 bits per heavy atom. The van der Waals surface area contributed by atoms with Gasteiger partial charge >= 0.3 is 6.09 Å². The Bertz CT molecular complexity index is 1870. The van der Waals surface area contributed by atoms with Gasteiger partial charge in [-0.1, -0.05) is 36.6 Å². The molecule has 1 saturated heterocycles. The molecule has 2 saturated carbocycles. The number of amides is 5. The highest BCUT2D eigenvalue weighted by atomic mass is 35.5. The summed E-state index contributed by atoms with van der Waals surface area (Å²) in [7, 11) is -3.90. The number of alkyl carbamates (subject to hydrolysis) is 1. The van der Waals surface area contributed by atoms with Gasteiger partial charge in [-0.3, -0.25) is 23.9 Å². The number of ether oxygens (including phenoxy) is 1. The number of nitrogens with zero attached hydrogens (tertiary/aromatic N) is 2. The Labute approximate surface area is 305 Å². The number of hydrogen-bond donors (Lipinski definition) is 4. The van der Waals surface area contributed by atoms with Crippen LogP contribution in [0.25, 0.3) is 10.2 Å². The number of allylic oxidation sites excluding steroid dienone is 1. The molecule has 17 heteroatoms. The minimum absolute atomic E-state index is 0.00221. The predicted octanol–water partition coefficient (Wildman–Crippen LogP) is 3.55. The molecule has 0 radical (unpaired) electrons. The van der Waals surface area contributed by atoms with Crippen LogP contribution in [0.15, 0.2) is 30.4 Å². The van der Waals surface area contributed by atoms with Gasteiger partial charge in [-0.2, -0.15) is 0 Å². The van der Waals surface area contributed by atoms with Crippen molar-refractivity contribution in [3.8, 4) is 0 Å². The van der Waals surface area contributed by atoms with Crippen LogP contribution in [0.5, 0.6) is 0 Å². The SMILES string of the molecule is CC(C)(C)OC(=O)N[C@@H]1CCCCCC=C[C@@H]2C[C@@]2(C(=O)NS(=O)(=O)C2CC2)NC(=O)[C@@H]2C[C@@H](NC(=O)c3nc4cc(Cl)ccc4s3)CN2C1=O. The van der Waals surface area contributed by atoms with E-state index < -0.39 is 80.2 Å². The number of thiazole rings is 1. The summed E-state index contributed by atoms with van der Waals surface area (Å²) in [6.45, 7) is 5.06. The quantitative estimate of drug-likeness (QED) is 0.319. The van der Waals surface area contributed by atoms with Crippen LogP contribution >= 0.6 is 22.9 Å². The first kappa shape index (κ1) is 37.0. The van der Waals surface area contributed by atoms with Crippen LogP contribution in [0.3, 0.4) is 0 Å². The van der Waals surface area contributed by atoms with Crippen molar-refractivity contribution in [1.29, 1.82) is 0 Å². The van der Waals surface area contributed by atoms with Crippen molar-refractivity contribution in [2.45, 2.75) is 113 Å². The molecule has 3 fully saturated rings. The highest BCUT2D eigenvalue weighted by molar-refractivity contribution is 7.91. The molecule has 51 heavy (non-hydrogen) atoms. The first-order valence-electron chi connectivity index (χ1n) is 17.3. The number of nitrogens with one attached hydrogen (secondary N) is 4. The van der Waals surface area contributed by atoms with Gasteiger partial charge in [0.25, 0.3) is 11.8 Å². The lowest BCUT2D eigenvalue weighted by Crippen LogP contribution is -2.58. The number of fused-ring (bicyclic) bond motifs is 3. The molecule has 0 unspecified atom stereocenters. The minimum Gasteiger partial charge on any atom is -0.444 e. The molecule has 5 atom stereocenters. The first-order chi connectivity index (χ1) is 24.0. The van der Waals surface area contributed by atoms with Gasteiger partial charge in [0.15, 0.2) is 5.01 Å². The van der Waals surface area contributed by atoms with Gasteiger partial charge in [-0.05, 0) is 83.9 Å². The second-order valence-corrected chi connectivity index (χ2v) is 18.2. The van der Waals surface area contributed by atoms with Crippen molar-refractivity contribution in [2.24, 2.45) is 5.92 Å². The van der Waals surface area contributed by atoms with E-state index in [1.54, 1.807) is 39.0 Å². The average Bonchev–Trinajstić information content (AvgIpc) is 3.93. The van der Waals surface area contributed by atoms with E-state index in [1.165, 1.54) is 16.2 Å². The van der Waals surface area contributed by atoms with E-state index in [9.17, 15) is 32.4 Å². The Hall–Kier alpha value is -3.76. The summed E-state index contributed by atoms with van der Waals surface area (Å²) < 4.78 is 33.9. The number of aromatic nitrogens is 1. The summed E-state index contributed by atoms with van der Waals surface area (Å²) in [4.78, 5) is 74.1. The van der Waals surface area contributed by atoms with Crippen LogP contribution in [0.4, 0.5) is 4.79 Å². The molecule has 2 aliphatic carbocycles. The molecule has 2 aromatic rings. The lowest BCUT2D eigenvalue weighted by Gasteiger charge is -2.30. The molecule has 1 aromatic carbocycles. The average molecular weight is 763 g/mol. The van der Waals surface area contributed by atoms with Gasteiger partial charge in [-0.25, -0.2) is 18.2 Å². The van der Waals surface area contributed by atoms with Crippen molar-refractivity contribution < 1.29 is 37.1 Å². The van der Waals surface area contributed by atoms with Crippen molar-refractivity contribution in [2.75, 3.05) is 6.54 Å². The Morgan fingerprint density at radius 2 is 1.86 bits per heavy atom. The Morgan fingerprint density at radius 3 is 2.59 bits per heavy atom. The number of halogens is 1. The second kappa shape index (κ2) is 14.3. The highest BCUT2D eigenvalue weighted by Crippen LogP contribution is 2.46. The monoisotopic (exact) mass is 762 g/mol. The topological polar surface area (TPSA) is 193 Å². The van der Waals surface area contributed by atoms with E-state index >= 15 is 0 Å². The number of benzene rings is 1. The fourth-order valence-electron chi connectivity index (χ4n) is 6.60. The third kappa shape index (κ3) is 8.66. The number of rotatable bonds is 6. The normalized spacial score (nSPS) is 27.3. The zero-order valence-corrected chi connectivity index (χ0v) is 31.1. The van der Waals surface area contributed by atoms with Gasteiger partial charge in [0.05, 0.1) is 15.5 Å². The van der Waals surface area contributed by atoms with Crippen LogP contribution in [0.2, 0.25) is 5.02 Å². The van der Waals surface area contributed by atoms with Crippen LogP contribution in [-0.2, 0) is 29.1 Å². The lowest BCUT2D eigenvalue weighted by molar-refractivity contribution is -0.141. The second-order valence-electron chi connectivity index (χ2n) is 14.8. The predicted molar refractivity (Wildman–Crippen MR) is 190 cm³/mol. The fourth-order valence-corrected chi connectivity index (χ4v) is 8.98. The van der Waals surface area contributed by atoms with E-state index in [1.807, 2.05) is 12.2 Å². The van der Waals surface area contributed by atoms with E-state index in [0.29, 0.717) is 36.2 Å². The number of carbonyl (C=O) groups is 5. The molecule has 14 nitrogen and oxygen atoms in total. The molecule has 4 N–H and O–H groups in total. The third-order valence-corrected chi connectivity index (χ3v) is 12.5. The standard InChI is InChI=1S/C34H43ClN6O8S2/c1-33(2,3)49-32(46)38-23-10-8-6-4-5-7-9-19-17-34(19,31(45)40-51(47,48)22-12-13-22)39-27(42)25-16-21(18-41(25)30(23)44)36-28(43)29-37-24-15-20(35)11-14-26(24)50-29/h7,9,11,14-15,19,21-23,25H,4-6,8,10,12-13,16-18H2,1-3H3,(H,36,43)(H,38,46)(H,39,42)(H,40,45)/t19-,21-,23-,25+,34-/m1/s1. The summed E-state index contributed by atoms with van der Waals surface area (Å²) in [5.74, 6) is -2.97.